The molecule has 1 heterocycles. The number of nitrogens with zero attached hydrogens (tertiary/aromatic N) is 1. The molecule has 0 aromatic heterocycles. The zero-order valence-corrected chi connectivity index (χ0v) is 9.10. The normalized spacial score (nSPS) is 20.9. The summed E-state index contributed by atoms with van der Waals surface area (Å²) in [5, 5.41) is 12.2. The molecule has 1 aromatic rings. The van der Waals surface area contributed by atoms with Gasteiger partial charge in [-0.25, -0.2) is 0 Å². The second kappa shape index (κ2) is 5.09. The van der Waals surface area contributed by atoms with E-state index in [0.717, 1.165) is 18.7 Å². The molecule has 16 heavy (non-hydrogen) atoms. The fourth-order valence-electron chi connectivity index (χ4n) is 1.88. The first-order valence-corrected chi connectivity index (χ1v) is 5.49. The van der Waals surface area contributed by atoms with Crippen molar-refractivity contribution in [3.05, 3.63) is 30.3 Å². The number of amides is 1. The highest BCUT2D eigenvalue weighted by atomic mass is 16.3. The number of nitrogens with one attached hydrogen (secondary N) is 1. The molecule has 2 N–H and O–H groups in total. The lowest BCUT2D eigenvalue weighted by molar-refractivity contribution is -0.117. The van der Waals surface area contributed by atoms with Crippen molar-refractivity contribution >= 4 is 11.6 Å². The zero-order valence-electron chi connectivity index (χ0n) is 9.10. The minimum Gasteiger partial charge on any atom is -0.392 e. The van der Waals surface area contributed by atoms with Crippen molar-refractivity contribution in [2.75, 3.05) is 25.0 Å². The van der Waals surface area contributed by atoms with Gasteiger partial charge in [0.15, 0.2) is 0 Å². The number of rotatable bonds is 3. The van der Waals surface area contributed by atoms with E-state index in [2.05, 4.69) is 5.32 Å². The molecule has 0 bridgehead atoms. The molecule has 4 nitrogen and oxygen atoms in total. The van der Waals surface area contributed by atoms with E-state index in [1.807, 2.05) is 35.2 Å². The molecule has 0 aliphatic carbocycles. The maximum absolute atomic E-state index is 11.6. The second-order valence-corrected chi connectivity index (χ2v) is 4.09. The molecule has 0 radical (unpaired) electrons. The van der Waals surface area contributed by atoms with Crippen LogP contribution in [-0.4, -0.2) is 41.7 Å². The van der Waals surface area contributed by atoms with Gasteiger partial charge in [-0.1, -0.05) is 18.2 Å². The van der Waals surface area contributed by atoms with Crippen LogP contribution < -0.4 is 5.32 Å². The van der Waals surface area contributed by atoms with Crippen LogP contribution in [0.15, 0.2) is 30.3 Å². The van der Waals surface area contributed by atoms with Crippen molar-refractivity contribution in [1.29, 1.82) is 0 Å². The van der Waals surface area contributed by atoms with Gasteiger partial charge in [0.1, 0.15) is 0 Å². The summed E-state index contributed by atoms with van der Waals surface area (Å²) in [5.41, 5.74) is 0.812. The number of anilines is 1. The summed E-state index contributed by atoms with van der Waals surface area (Å²) in [6.07, 6.45) is 0.489. The quantitative estimate of drug-likeness (QED) is 0.788. The molecular formula is C12H16N2O2. The van der Waals surface area contributed by atoms with Crippen LogP contribution in [0.1, 0.15) is 6.42 Å². The van der Waals surface area contributed by atoms with E-state index < -0.39 is 0 Å². The first-order chi connectivity index (χ1) is 7.74. The molecule has 1 amide bonds. The van der Waals surface area contributed by atoms with Gasteiger partial charge >= 0.3 is 0 Å². The van der Waals surface area contributed by atoms with E-state index >= 15 is 0 Å². The van der Waals surface area contributed by atoms with E-state index in [-0.39, 0.29) is 12.0 Å². The molecule has 1 atom stereocenters. The highest BCUT2D eigenvalue weighted by molar-refractivity contribution is 5.92. The SMILES string of the molecule is O=C(CN1CCC(O)C1)Nc1ccccc1. The number of β-amino-alcohol motifs (C(OH)–C–C–N with tert-alkyl or cyclic N) is 1. The number of aliphatic hydroxyl groups is 1. The van der Waals surface area contributed by atoms with Crippen LogP contribution in [0.5, 0.6) is 0 Å². The minimum absolute atomic E-state index is 0.0275. The first kappa shape index (κ1) is 11.1. The Balaban J connectivity index is 1.81. The minimum atomic E-state index is -0.274. The number of likely N-dealkylation sites (tertiary alicyclic amines) is 1. The van der Waals surface area contributed by atoms with Crippen LogP contribution in [0.25, 0.3) is 0 Å². The summed E-state index contributed by atoms with van der Waals surface area (Å²) in [5.74, 6) is -0.0275. The lowest BCUT2D eigenvalue weighted by Gasteiger charge is -2.14. The van der Waals surface area contributed by atoms with Crippen LogP contribution in [0, 0.1) is 0 Å². The van der Waals surface area contributed by atoms with E-state index in [1.165, 1.54) is 0 Å². The molecule has 0 spiro atoms. The topological polar surface area (TPSA) is 52.6 Å². The summed E-state index contributed by atoms with van der Waals surface area (Å²) in [6.45, 7) is 1.75. The Hall–Kier alpha value is -1.39. The average Bonchev–Trinajstić information content (AvgIpc) is 2.65. The van der Waals surface area contributed by atoms with E-state index in [1.54, 1.807) is 0 Å². The smallest absolute Gasteiger partial charge is 0.238 e. The highest BCUT2D eigenvalue weighted by Gasteiger charge is 2.21. The fourth-order valence-corrected chi connectivity index (χ4v) is 1.88. The Morgan fingerprint density at radius 3 is 2.81 bits per heavy atom. The molecule has 0 saturated carbocycles. The Morgan fingerprint density at radius 1 is 1.44 bits per heavy atom. The molecule has 1 unspecified atom stereocenters. The van der Waals surface area contributed by atoms with Crippen LogP contribution >= 0.6 is 0 Å². The summed E-state index contributed by atoms with van der Waals surface area (Å²) in [6, 6.07) is 9.39. The molecule has 1 fully saturated rings. The van der Waals surface area contributed by atoms with Gasteiger partial charge in [0.25, 0.3) is 0 Å². The summed E-state index contributed by atoms with van der Waals surface area (Å²) < 4.78 is 0. The lowest BCUT2D eigenvalue weighted by Crippen LogP contribution is -2.32. The predicted molar refractivity (Wildman–Crippen MR) is 62.1 cm³/mol. The Labute approximate surface area is 94.9 Å². The third kappa shape index (κ3) is 3.05. The third-order valence-corrected chi connectivity index (χ3v) is 2.67. The van der Waals surface area contributed by atoms with Gasteiger partial charge in [0.05, 0.1) is 12.6 Å². The molecule has 1 aromatic carbocycles. The van der Waals surface area contributed by atoms with Gasteiger partial charge in [-0.2, -0.15) is 0 Å². The number of para-hydroxylation sites is 1. The molecule has 1 aliphatic heterocycles. The van der Waals surface area contributed by atoms with Gasteiger partial charge in [0.2, 0.25) is 5.91 Å². The van der Waals surface area contributed by atoms with Crippen LogP contribution in [0.4, 0.5) is 5.69 Å². The van der Waals surface area contributed by atoms with Gasteiger partial charge < -0.3 is 10.4 Å². The van der Waals surface area contributed by atoms with E-state index in [0.29, 0.717) is 13.1 Å². The Bertz CT molecular complexity index is 353. The number of carbonyl (C=O) groups excluding carboxylic acids is 1. The summed E-state index contributed by atoms with van der Waals surface area (Å²) in [4.78, 5) is 13.6. The largest absolute Gasteiger partial charge is 0.392 e. The predicted octanol–water partition coefficient (Wildman–Crippen LogP) is 0.692. The van der Waals surface area contributed by atoms with Crippen molar-refractivity contribution < 1.29 is 9.90 Å². The molecule has 4 heteroatoms. The average molecular weight is 220 g/mol. The molecular weight excluding hydrogens is 204 g/mol. The van der Waals surface area contributed by atoms with Gasteiger partial charge in [0, 0.05) is 18.8 Å². The van der Waals surface area contributed by atoms with Gasteiger partial charge in [-0.05, 0) is 18.6 Å². The number of hydrogen-bond donors (Lipinski definition) is 2. The van der Waals surface area contributed by atoms with Crippen molar-refractivity contribution in [2.24, 2.45) is 0 Å². The first-order valence-electron chi connectivity index (χ1n) is 5.49. The second-order valence-electron chi connectivity index (χ2n) is 4.09. The summed E-state index contributed by atoms with van der Waals surface area (Å²) >= 11 is 0. The number of carbonyl (C=O) groups is 1. The number of aliphatic hydroxyl groups excluding tert-OH is 1. The molecule has 86 valence electrons. The monoisotopic (exact) mass is 220 g/mol. The van der Waals surface area contributed by atoms with Crippen LogP contribution in [-0.2, 0) is 4.79 Å². The molecule has 1 aliphatic rings. The zero-order chi connectivity index (χ0) is 11.4. The molecule has 2 rings (SSSR count). The highest BCUT2D eigenvalue weighted by Crippen LogP contribution is 2.09. The van der Waals surface area contributed by atoms with Crippen LogP contribution in [0.3, 0.4) is 0 Å². The Morgan fingerprint density at radius 2 is 2.19 bits per heavy atom. The van der Waals surface area contributed by atoms with Crippen molar-refractivity contribution in [3.8, 4) is 0 Å². The fraction of sp³-hybridized carbons (Fsp3) is 0.417. The van der Waals surface area contributed by atoms with E-state index in [9.17, 15) is 9.90 Å². The third-order valence-electron chi connectivity index (χ3n) is 2.67. The summed E-state index contributed by atoms with van der Waals surface area (Å²) in [7, 11) is 0. The van der Waals surface area contributed by atoms with E-state index in [4.69, 9.17) is 0 Å². The Kier molecular flexibility index (Phi) is 3.54. The van der Waals surface area contributed by atoms with Crippen molar-refractivity contribution in [2.45, 2.75) is 12.5 Å². The molecule has 1 saturated heterocycles. The standard InChI is InChI=1S/C12H16N2O2/c15-11-6-7-14(8-11)9-12(16)13-10-4-2-1-3-5-10/h1-5,11,15H,6-9H2,(H,13,16). The van der Waals surface area contributed by atoms with Crippen LogP contribution in [0.2, 0.25) is 0 Å². The van der Waals surface area contributed by atoms with Gasteiger partial charge in [-0.15, -0.1) is 0 Å². The maximum atomic E-state index is 11.6. The van der Waals surface area contributed by atoms with Crippen molar-refractivity contribution in [3.63, 3.8) is 0 Å². The van der Waals surface area contributed by atoms with Gasteiger partial charge in [-0.3, -0.25) is 9.69 Å². The van der Waals surface area contributed by atoms with Crippen molar-refractivity contribution in [1.82, 2.24) is 4.90 Å². The maximum Gasteiger partial charge on any atom is 0.238 e. The number of hydrogen-bond acceptors (Lipinski definition) is 3. The lowest BCUT2D eigenvalue weighted by atomic mass is 10.3. The number of benzene rings is 1.